The molecule has 142 valence electrons. The van der Waals surface area contributed by atoms with Crippen LogP contribution in [0.1, 0.15) is 22.5 Å². The first kappa shape index (κ1) is 17.7. The van der Waals surface area contributed by atoms with Gasteiger partial charge in [-0.05, 0) is 30.4 Å². The lowest BCUT2D eigenvalue weighted by atomic mass is 10.2. The van der Waals surface area contributed by atoms with E-state index in [0.29, 0.717) is 24.6 Å². The van der Waals surface area contributed by atoms with E-state index in [-0.39, 0.29) is 5.82 Å². The van der Waals surface area contributed by atoms with E-state index in [0.717, 1.165) is 17.0 Å². The topological polar surface area (TPSA) is 103 Å². The van der Waals surface area contributed by atoms with Crippen LogP contribution in [0.3, 0.4) is 0 Å². The van der Waals surface area contributed by atoms with Gasteiger partial charge in [0.15, 0.2) is 5.82 Å². The quantitative estimate of drug-likeness (QED) is 0.409. The molecule has 3 aromatic heterocycles. The molecule has 0 atom stereocenters. The SMILES string of the molecule is Cc1nn(Cc2ccccc2)c(C)c1CNc1ccc2ncc([N+](=O)[O-])n2n1. The second-order valence-electron chi connectivity index (χ2n) is 6.51. The minimum Gasteiger partial charge on any atom is -0.363 e. The van der Waals surface area contributed by atoms with Crippen LogP contribution in [-0.4, -0.2) is 29.3 Å². The van der Waals surface area contributed by atoms with Crippen molar-refractivity contribution < 1.29 is 4.92 Å². The maximum absolute atomic E-state index is 11.1. The van der Waals surface area contributed by atoms with Gasteiger partial charge >= 0.3 is 5.82 Å². The third-order valence-corrected chi connectivity index (χ3v) is 4.68. The summed E-state index contributed by atoms with van der Waals surface area (Å²) < 4.78 is 3.21. The van der Waals surface area contributed by atoms with E-state index in [1.807, 2.05) is 36.7 Å². The largest absolute Gasteiger partial charge is 0.368 e. The van der Waals surface area contributed by atoms with Crippen molar-refractivity contribution in [2.24, 2.45) is 0 Å². The van der Waals surface area contributed by atoms with E-state index in [9.17, 15) is 10.1 Å². The second kappa shape index (κ2) is 7.10. The Balaban J connectivity index is 1.54. The average molecular weight is 377 g/mol. The van der Waals surface area contributed by atoms with Crippen LogP contribution in [0.15, 0.2) is 48.7 Å². The molecule has 4 aromatic rings. The minimum absolute atomic E-state index is 0.165. The number of benzene rings is 1. The van der Waals surface area contributed by atoms with E-state index in [2.05, 4.69) is 32.6 Å². The molecule has 0 aliphatic rings. The molecule has 9 nitrogen and oxygen atoms in total. The highest BCUT2D eigenvalue weighted by atomic mass is 16.6. The highest BCUT2D eigenvalue weighted by Crippen LogP contribution is 2.18. The van der Waals surface area contributed by atoms with Crippen molar-refractivity contribution in [2.75, 3.05) is 5.32 Å². The summed E-state index contributed by atoms with van der Waals surface area (Å²) >= 11 is 0. The van der Waals surface area contributed by atoms with Crippen molar-refractivity contribution in [3.05, 3.63) is 81.3 Å². The van der Waals surface area contributed by atoms with Crippen LogP contribution in [0.4, 0.5) is 11.6 Å². The highest BCUT2D eigenvalue weighted by Gasteiger charge is 2.17. The molecule has 4 rings (SSSR count). The van der Waals surface area contributed by atoms with Crippen molar-refractivity contribution >= 4 is 17.3 Å². The van der Waals surface area contributed by atoms with Gasteiger partial charge in [0, 0.05) is 23.9 Å². The molecular weight excluding hydrogens is 358 g/mol. The van der Waals surface area contributed by atoms with Gasteiger partial charge in [0.25, 0.3) is 0 Å². The van der Waals surface area contributed by atoms with Gasteiger partial charge < -0.3 is 15.4 Å². The third kappa shape index (κ3) is 3.29. The molecule has 28 heavy (non-hydrogen) atoms. The molecule has 0 radical (unpaired) electrons. The van der Waals surface area contributed by atoms with Gasteiger partial charge in [-0.2, -0.15) is 5.10 Å². The number of hydrogen-bond donors (Lipinski definition) is 1. The zero-order valence-electron chi connectivity index (χ0n) is 15.5. The maximum Gasteiger partial charge on any atom is 0.368 e. The van der Waals surface area contributed by atoms with E-state index < -0.39 is 4.92 Å². The monoisotopic (exact) mass is 377 g/mol. The molecule has 0 bridgehead atoms. The number of anilines is 1. The zero-order valence-corrected chi connectivity index (χ0v) is 15.5. The molecule has 0 saturated carbocycles. The van der Waals surface area contributed by atoms with Gasteiger partial charge in [0.05, 0.1) is 12.2 Å². The molecule has 9 heteroatoms. The van der Waals surface area contributed by atoms with Gasteiger partial charge in [-0.3, -0.25) is 4.68 Å². The summed E-state index contributed by atoms with van der Waals surface area (Å²) in [5.74, 6) is 0.366. The summed E-state index contributed by atoms with van der Waals surface area (Å²) in [5.41, 5.74) is 4.71. The number of imidazole rings is 1. The standard InChI is InChI=1S/C19H19N7O2/c1-13-16(14(2)24(22-13)12-15-6-4-3-5-7-15)10-20-17-8-9-18-21-11-19(26(27)28)25(18)23-17/h3-9,11H,10,12H2,1-2H3,(H,20,23). The average Bonchev–Trinajstić information content (AvgIpc) is 3.22. The van der Waals surface area contributed by atoms with E-state index in [4.69, 9.17) is 0 Å². The smallest absolute Gasteiger partial charge is 0.363 e. The summed E-state index contributed by atoms with van der Waals surface area (Å²) in [7, 11) is 0. The lowest BCUT2D eigenvalue weighted by molar-refractivity contribution is -0.391. The van der Waals surface area contributed by atoms with E-state index >= 15 is 0 Å². The number of nitrogens with zero attached hydrogens (tertiary/aromatic N) is 6. The van der Waals surface area contributed by atoms with Crippen molar-refractivity contribution in [2.45, 2.75) is 26.9 Å². The van der Waals surface area contributed by atoms with Crippen LogP contribution >= 0.6 is 0 Å². The Morgan fingerprint density at radius 3 is 2.64 bits per heavy atom. The minimum atomic E-state index is -0.501. The van der Waals surface area contributed by atoms with Crippen LogP contribution in [0.25, 0.3) is 5.65 Å². The summed E-state index contributed by atoms with van der Waals surface area (Å²) in [4.78, 5) is 14.6. The fraction of sp³-hybridized carbons (Fsp3) is 0.211. The molecule has 0 aliphatic heterocycles. The Hall–Kier alpha value is -3.75. The predicted molar refractivity (Wildman–Crippen MR) is 104 cm³/mol. The number of rotatable bonds is 6. The first-order valence-electron chi connectivity index (χ1n) is 8.83. The number of nitro groups is 1. The van der Waals surface area contributed by atoms with E-state index in [1.165, 1.54) is 16.3 Å². The Labute approximate surface area is 160 Å². The number of fused-ring (bicyclic) bond motifs is 1. The third-order valence-electron chi connectivity index (χ3n) is 4.68. The molecule has 0 aliphatic carbocycles. The van der Waals surface area contributed by atoms with Gasteiger partial charge in [-0.1, -0.05) is 39.9 Å². The number of nitrogens with one attached hydrogen (secondary N) is 1. The number of hydrogen-bond acceptors (Lipinski definition) is 6. The molecule has 0 spiro atoms. The van der Waals surface area contributed by atoms with Crippen molar-refractivity contribution in [1.29, 1.82) is 0 Å². The summed E-state index contributed by atoms with van der Waals surface area (Å²) in [6, 6.07) is 13.6. The van der Waals surface area contributed by atoms with Crippen LogP contribution in [-0.2, 0) is 13.1 Å². The van der Waals surface area contributed by atoms with Crippen molar-refractivity contribution in [3.8, 4) is 0 Å². The predicted octanol–water partition coefficient (Wildman–Crippen LogP) is 3.11. The molecule has 1 N–H and O–H groups in total. The maximum atomic E-state index is 11.1. The fourth-order valence-corrected chi connectivity index (χ4v) is 3.16. The van der Waals surface area contributed by atoms with Gasteiger partial charge in [-0.15, -0.1) is 0 Å². The van der Waals surface area contributed by atoms with Gasteiger partial charge in [0.2, 0.25) is 5.65 Å². The van der Waals surface area contributed by atoms with Crippen LogP contribution in [0, 0.1) is 24.0 Å². The van der Waals surface area contributed by atoms with Crippen molar-refractivity contribution in [1.82, 2.24) is 24.4 Å². The summed E-state index contributed by atoms with van der Waals surface area (Å²) in [6.07, 6.45) is 1.20. The van der Waals surface area contributed by atoms with Crippen molar-refractivity contribution in [3.63, 3.8) is 0 Å². The zero-order chi connectivity index (χ0) is 19.7. The molecule has 1 aromatic carbocycles. The fourth-order valence-electron chi connectivity index (χ4n) is 3.16. The molecule has 0 unspecified atom stereocenters. The van der Waals surface area contributed by atoms with Crippen LogP contribution < -0.4 is 5.32 Å². The van der Waals surface area contributed by atoms with E-state index in [1.54, 1.807) is 12.1 Å². The second-order valence-corrected chi connectivity index (χ2v) is 6.51. The Kier molecular flexibility index (Phi) is 4.48. The normalized spacial score (nSPS) is 11.1. The first-order valence-corrected chi connectivity index (χ1v) is 8.83. The summed E-state index contributed by atoms with van der Waals surface area (Å²) in [6.45, 7) is 5.24. The molecule has 3 heterocycles. The lowest BCUT2D eigenvalue weighted by Gasteiger charge is -2.07. The summed E-state index contributed by atoms with van der Waals surface area (Å²) in [5, 5.41) is 23.2. The molecule has 0 amide bonds. The molecule has 0 fully saturated rings. The van der Waals surface area contributed by atoms with Crippen LogP contribution in [0.2, 0.25) is 0 Å². The van der Waals surface area contributed by atoms with Gasteiger partial charge in [-0.25, -0.2) is 4.98 Å². The number of aryl methyl sites for hydroxylation is 1. The Morgan fingerprint density at radius 2 is 1.89 bits per heavy atom. The molecular formula is C19H19N7O2. The van der Waals surface area contributed by atoms with Crippen LogP contribution in [0.5, 0.6) is 0 Å². The number of aromatic nitrogens is 5. The lowest BCUT2D eigenvalue weighted by Crippen LogP contribution is -2.07. The van der Waals surface area contributed by atoms with Gasteiger partial charge in [0.1, 0.15) is 6.20 Å². The Bertz CT molecular complexity index is 1150. The first-order chi connectivity index (χ1) is 13.5. The Morgan fingerprint density at radius 1 is 1.11 bits per heavy atom. The molecule has 0 saturated heterocycles. The highest BCUT2D eigenvalue weighted by molar-refractivity contribution is 5.48.